The number of piperidine rings is 1. The monoisotopic (exact) mass is 557 g/mol. The van der Waals surface area contributed by atoms with E-state index in [0.717, 1.165) is 70.9 Å². The van der Waals surface area contributed by atoms with Gasteiger partial charge in [0.15, 0.2) is 17.3 Å². The maximum absolute atomic E-state index is 14.5. The quantitative estimate of drug-likeness (QED) is 0.304. The number of nitrogens with one attached hydrogen (secondary N) is 2. The van der Waals surface area contributed by atoms with Gasteiger partial charge in [0.25, 0.3) is 0 Å². The summed E-state index contributed by atoms with van der Waals surface area (Å²) in [5.41, 5.74) is 0.574. The minimum absolute atomic E-state index is 0.0249. The van der Waals surface area contributed by atoms with Crippen molar-refractivity contribution in [2.24, 2.45) is 5.92 Å². The first-order chi connectivity index (χ1) is 19.4. The van der Waals surface area contributed by atoms with Crippen LogP contribution in [0.4, 0.5) is 30.8 Å². The zero-order valence-corrected chi connectivity index (χ0v) is 23.2. The smallest absolute Gasteiger partial charge is 0.225 e. The van der Waals surface area contributed by atoms with Crippen molar-refractivity contribution in [2.45, 2.75) is 90.1 Å². The lowest BCUT2D eigenvalue weighted by molar-refractivity contribution is -0.137. The fourth-order valence-electron chi connectivity index (χ4n) is 6.06. The first-order valence-electron chi connectivity index (χ1n) is 14.6. The molecule has 1 amide bonds. The molecular formula is C29H38F3N7O. The number of imidazole rings is 1. The van der Waals surface area contributed by atoms with E-state index in [1.807, 2.05) is 16.4 Å². The summed E-state index contributed by atoms with van der Waals surface area (Å²) in [6.07, 6.45) is 10.9. The van der Waals surface area contributed by atoms with Gasteiger partial charge in [0, 0.05) is 43.2 Å². The van der Waals surface area contributed by atoms with Crippen LogP contribution in [-0.2, 0) is 4.79 Å². The van der Waals surface area contributed by atoms with Crippen molar-refractivity contribution in [1.82, 2.24) is 24.4 Å². The number of likely N-dealkylation sites (tertiary alicyclic amines) is 1. The van der Waals surface area contributed by atoms with E-state index in [-0.39, 0.29) is 23.9 Å². The molecule has 11 heteroatoms. The van der Waals surface area contributed by atoms with Crippen LogP contribution >= 0.6 is 0 Å². The lowest BCUT2D eigenvalue weighted by Crippen LogP contribution is -2.41. The van der Waals surface area contributed by atoms with Crippen molar-refractivity contribution in [2.75, 3.05) is 23.7 Å². The van der Waals surface area contributed by atoms with E-state index in [1.54, 1.807) is 6.20 Å². The van der Waals surface area contributed by atoms with Gasteiger partial charge in [-0.3, -0.25) is 9.36 Å². The SMILES string of the molecule is CCC[C@H](CC)n1c(Nc2c(F)cc(F)cc2F)nc2cnc(NC3CCC(C(=O)N4CCCCC4)CC3)nc21. The highest BCUT2D eigenvalue weighted by atomic mass is 19.1. The number of carbonyl (C=O) groups excluding carboxylic acids is 1. The third kappa shape index (κ3) is 6.02. The first-order valence-corrected chi connectivity index (χ1v) is 14.6. The molecule has 1 saturated heterocycles. The largest absolute Gasteiger partial charge is 0.351 e. The number of nitrogens with zero attached hydrogens (tertiary/aromatic N) is 5. The van der Waals surface area contributed by atoms with E-state index < -0.39 is 23.1 Å². The number of aromatic nitrogens is 4. The second-order valence-electron chi connectivity index (χ2n) is 11.0. The van der Waals surface area contributed by atoms with Gasteiger partial charge >= 0.3 is 0 Å². The summed E-state index contributed by atoms with van der Waals surface area (Å²) in [6, 6.07) is 1.40. The Morgan fingerprint density at radius 1 is 1.02 bits per heavy atom. The summed E-state index contributed by atoms with van der Waals surface area (Å²) in [7, 11) is 0. The summed E-state index contributed by atoms with van der Waals surface area (Å²) < 4.78 is 44.3. The summed E-state index contributed by atoms with van der Waals surface area (Å²) in [5, 5.41) is 6.19. The summed E-state index contributed by atoms with van der Waals surface area (Å²) in [5.74, 6) is -2.00. The maximum atomic E-state index is 14.5. The number of carbonyl (C=O) groups is 1. The maximum Gasteiger partial charge on any atom is 0.225 e. The number of rotatable bonds is 9. The Labute approximate surface area is 232 Å². The van der Waals surface area contributed by atoms with Crippen molar-refractivity contribution in [3.63, 3.8) is 0 Å². The normalized spacial score (nSPS) is 20.5. The molecular weight excluding hydrogens is 519 g/mol. The average molecular weight is 558 g/mol. The number of benzene rings is 1. The van der Waals surface area contributed by atoms with Gasteiger partial charge in [-0.2, -0.15) is 4.98 Å². The topological polar surface area (TPSA) is 88.0 Å². The first kappa shape index (κ1) is 28.2. The molecule has 2 aromatic heterocycles. The van der Waals surface area contributed by atoms with Gasteiger partial charge in [-0.25, -0.2) is 23.1 Å². The molecule has 5 rings (SSSR count). The van der Waals surface area contributed by atoms with Gasteiger partial charge in [0.05, 0.1) is 6.20 Å². The van der Waals surface area contributed by atoms with Gasteiger partial charge in [-0.1, -0.05) is 20.3 Å². The van der Waals surface area contributed by atoms with Crippen LogP contribution in [0.5, 0.6) is 0 Å². The van der Waals surface area contributed by atoms with Gasteiger partial charge < -0.3 is 15.5 Å². The molecule has 1 atom stereocenters. The van der Waals surface area contributed by atoms with E-state index in [0.29, 0.717) is 35.2 Å². The lowest BCUT2D eigenvalue weighted by atomic mass is 9.85. The predicted octanol–water partition coefficient (Wildman–Crippen LogP) is 6.72. The average Bonchev–Trinajstić information content (AvgIpc) is 3.31. The van der Waals surface area contributed by atoms with Gasteiger partial charge in [-0.05, 0) is 57.8 Å². The molecule has 3 heterocycles. The van der Waals surface area contributed by atoms with Crippen molar-refractivity contribution in [1.29, 1.82) is 0 Å². The zero-order chi connectivity index (χ0) is 28.2. The van der Waals surface area contributed by atoms with Crippen LogP contribution in [0, 0.1) is 23.4 Å². The number of hydrogen-bond acceptors (Lipinski definition) is 6. The van der Waals surface area contributed by atoms with Crippen LogP contribution in [0.25, 0.3) is 11.2 Å². The third-order valence-corrected chi connectivity index (χ3v) is 8.21. The standard InChI is InChI=1S/C29H38F3N7O/c1-3-8-21(4-2)39-26-24(35-29(39)36-25-22(31)15-19(30)16-23(25)32)17-33-28(37-26)34-20-11-9-18(10-12-20)27(40)38-13-6-5-7-14-38/h15-18,20-21H,3-14H2,1-2H3,(H,35,36)(H,33,34,37)/t18?,20?,21-/m0/s1. The number of halogens is 3. The molecule has 1 aromatic carbocycles. The van der Waals surface area contributed by atoms with E-state index in [9.17, 15) is 18.0 Å². The molecule has 40 heavy (non-hydrogen) atoms. The molecule has 216 valence electrons. The molecule has 1 aliphatic heterocycles. The Bertz CT molecular complexity index is 1310. The number of anilines is 3. The van der Waals surface area contributed by atoms with Gasteiger partial charge in [0.2, 0.25) is 17.8 Å². The van der Waals surface area contributed by atoms with E-state index >= 15 is 0 Å². The van der Waals surface area contributed by atoms with Gasteiger partial charge in [-0.15, -0.1) is 0 Å². The second-order valence-corrected chi connectivity index (χ2v) is 11.0. The van der Waals surface area contributed by atoms with E-state index in [1.165, 1.54) is 6.42 Å². The van der Waals surface area contributed by atoms with Crippen molar-refractivity contribution in [3.05, 3.63) is 35.8 Å². The molecule has 2 N–H and O–H groups in total. The number of amides is 1. The molecule has 0 spiro atoms. The minimum atomic E-state index is -1.04. The highest BCUT2D eigenvalue weighted by molar-refractivity contribution is 5.79. The summed E-state index contributed by atoms with van der Waals surface area (Å²) in [6.45, 7) is 5.88. The number of hydrogen-bond donors (Lipinski definition) is 2. The Morgan fingerprint density at radius 3 is 2.38 bits per heavy atom. The minimum Gasteiger partial charge on any atom is -0.351 e. The summed E-state index contributed by atoms with van der Waals surface area (Å²) >= 11 is 0. The van der Waals surface area contributed by atoms with Crippen LogP contribution in [-0.4, -0.2) is 49.5 Å². The fraction of sp³-hybridized carbons (Fsp3) is 0.586. The zero-order valence-electron chi connectivity index (χ0n) is 23.2. The Balaban J connectivity index is 1.36. The van der Waals surface area contributed by atoms with E-state index in [2.05, 4.69) is 27.5 Å². The van der Waals surface area contributed by atoms with Gasteiger partial charge in [0.1, 0.15) is 17.0 Å². The molecule has 1 aliphatic carbocycles. The second kappa shape index (κ2) is 12.4. The fourth-order valence-corrected chi connectivity index (χ4v) is 6.06. The third-order valence-electron chi connectivity index (χ3n) is 8.21. The highest BCUT2D eigenvalue weighted by Crippen LogP contribution is 2.33. The van der Waals surface area contributed by atoms with Crippen LogP contribution < -0.4 is 10.6 Å². The van der Waals surface area contributed by atoms with Crippen LogP contribution in [0.2, 0.25) is 0 Å². The molecule has 1 saturated carbocycles. The van der Waals surface area contributed by atoms with Crippen LogP contribution in [0.3, 0.4) is 0 Å². The molecule has 8 nitrogen and oxygen atoms in total. The molecule has 3 aromatic rings. The molecule has 2 aliphatic rings. The molecule has 0 bridgehead atoms. The van der Waals surface area contributed by atoms with Crippen molar-refractivity contribution >= 4 is 34.7 Å². The summed E-state index contributed by atoms with van der Waals surface area (Å²) in [4.78, 5) is 28.8. The van der Waals surface area contributed by atoms with Crippen LogP contribution in [0.15, 0.2) is 18.3 Å². The molecule has 0 radical (unpaired) electrons. The lowest BCUT2D eigenvalue weighted by Gasteiger charge is -2.34. The Morgan fingerprint density at radius 2 is 1.73 bits per heavy atom. The van der Waals surface area contributed by atoms with Crippen molar-refractivity contribution in [3.8, 4) is 0 Å². The molecule has 0 unspecified atom stereocenters. The number of fused-ring (bicyclic) bond motifs is 1. The predicted molar refractivity (Wildman–Crippen MR) is 149 cm³/mol. The molecule has 2 fully saturated rings. The Kier molecular flexibility index (Phi) is 8.75. The highest BCUT2D eigenvalue weighted by Gasteiger charge is 2.30. The van der Waals surface area contributed by atoms with Crippen molar-refractivity contribution < 1.29 is 18.0 Å². The Hall–Kier alpha value is -3.37. The van der Waals surface area contributed by atoms with E-state index in [4.69, 9.17) is 4.98 Å². The van der Waals surface area contributed by atoms with Crippen LogP contribution in [0.1, 0.15) is 84.1 Å².